The Bertz CT molecular complexity index is 279. The van der Waals surface area contributed by atoms with Gasteiger partial charge in [-0.05, 0) is 71.0 Å². The first-order chi connectivity index (χ1) is 9.45. The van der Waals surface area contributed by atoms with Crippen LogP contribution in [0.2, 0.25) is 0 Å². The number of alkyl halides is 3. The average molecular weight is 292 g/mol. The van der Waals surface area contributed by atoms with Crippen molar-refractivity contribution in [3.05, 3.63) is 0 Å². The fourth-order valence-corrected chi connectivity index (χ4v) is 3.48. The van der Waals surface area contributed by atoms with Gasteiger partial charge in [0.2, 0.25) is 0 Å². The fraction of sp³-hybridized carbons (Fsp3) is 1.00. The topological polar surface area (TPSA) is 15.3 Å². The molecule has 0 aromatic rings. The first-order valence-corrected chi connectivity index (χ1v) is 7.97. The summed E-state index contributed by atoms with van der Waals surface area (Å²) < 4.78 is 37.8. The monoisotopic (exact) mass is 292 g/mol. The van der Waals surface area contributed by atoms with Gasteiger partial charge in [0, 0.05) is 12.6 Å². The summed E-state index contributed by atoms with van der Waals surface area (Å²) in [5, 5.41) is 3.51. The zero-order valence-corrected chi connectivity index (χ0v) is 12.4. The smallest absolute Gasteiger partial charge is 0.313 e. The number of rotatable bonds is 5. The predicted molar refractivity (Wildman–Crippen MR) is 74.6 cm³/mol. The molecule has 2 nitrogen and oxygen atoms in total. The molecule has 1 aliphatic carbocycles. The molecule has 20 heavy (non-hydrogen) atoms. The van der Waals surface area contributed by atoms with E-state index in [1.165, 1.54) is 25.9 Å². The van der Waals surface area contributed by atoms with E-state index in [0.29, 0.717) is 37.6 Å². The summed E-state index contributed by atoms with van der Waals surface area (Å²) in [7, 11) is 0. The minimum atomic E-state index is -3.98. The van der Waals surface area contributed by atoms with E-state index in [2.05, 4.69) is 17.1 Å². The SMILES string of the molecule is CC(CN1CCCC1)NCC1CCC(C(F)(F)F)CC1. The van der Waals surface area contributed by atoms with Crippen LogP contribution in [0.25, 0.3) is 0 Å². The summed E-state index contributed by atoms with van der Waals surface area (Å²) in [6.45, 7) is 6.52. The second kappa shape index (κ2) is 7.12. The van der Waals surface area contributed by atoms with Crippen molar-refractivity contribution in [1.29, 1.82) is 0 Å². The summed E-state index contributed by atoms with van der Waals surface area (Å²) >= 11 is 0. The van der Waals surface area contributed by atoms with Crippen molar-refractivity contribution in [2.45, 2.75) is 57.7 Å². The number of hydrogen-bond donors (Lipinski definition) is 1. The van der Waals surface area contributed by atoms with Crippen molar-refractivity contribution in [3.8, 4) is 0 Å². The van der Waals surface area contributed by atoms with E-state index in [1.54, 1.807) is 0 Å². The van der Waals surface area contributed by atoms with E-state index < -0.39 is 12.1 Å². The van der Waals surface area contributed by atoms with Crippen molar-refractivity contribution in [1.82, 2.24) is 10.2 Å². The molecular weight excluding hydrogens is 265 g/mol. The maximum atomic E-state index is 12.6. The highest BCUT2D eigenvalue weighted by molar-refractivity contribution is 4.79. The van der Waals surface area contributed by atoms with Crippen LogP contribution in [0.15, 0.2) is 0 Å². The summed E-state index contributed by atoms with van der Waals surface area (Å²) in [6, 6.07) is 0.438. The van der Waals surface area contributed by atoms with Gasteiger partial charge in [0.25, 0.3) is 0 Å². The van der Waals surface area contributed by atoms with Crippen LogP contribution in [0.4, 0.5) is 13.2 Å². The number of nitrogens with one attached hydrogen (secondary N) is 1. The van der Waals surface area contributed by atoms with Gasteiger partial charge < -0.3 is 10.2 Å². The Hall–Kier alpha value is -0.290. The van der Waals surface area contributed by atoms with Crippen LogP contribution in [0.1, 0.15) is 45.4 Å². The van der Waals surface area contributed by atoms with Gasteiger partial charge in [-0.1, -0.05) is 0 Å². The zero-order chi connectivity index (χ0) is 14.6. The van der Waals surface area contributed by atoms with Gasteiger partial charge in [0.15, 0.2) is 0 Å². The molecule has 2 rings (SSSR count). The predicted octanol–water partition coefficient (Wildman–Crippen LogP) is 3.43. The van der Waals surface area contributed by atoms with Crippen LogP contribution in [0, 0.1) is 11.8 Å². The Morgan fingerprint density at radius 1 is 1.10 bits per heavy atom. The molecule has 2 fully saturated rings. The Morgan fingerprint density at radius 2 is 1.70 bits per heavy atom. The highest BCUT2D eigenvalue weighted by Crippen LogP contribution is 2.39. The third-order valence-corrected chi connectivity index (χ3v) is 4.80. The largest absolute Gasteiger partial charge is 0.391 e. The minimum Gasteiger partial charge on any atom is -0.313 e. The van der Waals surface area contributed by atoms with Gasteiger partial charge in [0.1, 0.15) is 0 Å². The van der Waals surface area contributed by atoms with Crippen molar-refractivity contribution >= 4 is 0 Å². The minimum absolute atomic E-state index is 0.316. The van der Waals surface area contributed by atoms with Crippen molar-refractivity contribution in [2.24, 2.45) is 11.8 Å². The summed E-state index contributed by atoms with van der Waals surface area (Å²) in [5.74, 6) is -0.629. The number of hydrogen-bond acceptors (Lipinski definition) is 2. The Kier molecular flexibility index (Phi) is 5.73. The van der Waals surface area contributed by atoms with E-state index in [0.717, 1.165) is 13.1 Å². The summed E-state index contributed by atoms with van der Waals surface area (Å²) in [4.78, 5) is 2.47. The standard InChI is InChI=1S/C15H27F3N2/c1-12(11-20-8-2-3-9-20)19-10-13-4-6-14(7-5-13)15(16,17)18/h12-14,19H,2-11H2,1H3. The number of likely N-dealkylation sites (tertiary alicyclic amines) is 1. The lowest BCUT2D eigenvalue weighted by Gasteiger charge is -2.31. The third-order valence-electron chi connectivity index (χ3n) is 4.80. The van der Waals surface area contributed by atoms with Crippen LogP contribution in [0.5, 0.6) is 0 Å². The van der Waals surface area contributed by atoms with Gasteiger partial charge in [-0.25, -0.2) is 0 Å². The molecule has 1 unspecified atom stereocenters. The molecule has 0 aromatic heterocycles. The second-order valence-corrected chi connectivity index (χ2v) is 6.58. The summed E-state index contributed by atoms with van der Waals surface area (Å²) in [6.07, 6.45) is 0.678. The molecule has 0 aromatic carbocycles. The maximum absolute atomic E-state index is 12.6. The van der Waals surface area contributed by atoms with E-state index in [-0.39, 0.29) is 0 Å². The number of nitrogens with zero attached hydrogens (tertiary/aromatic N) is 1. The lowest BCUT2D eigenvalue weighted by Crippen LogP contribution is -2.41. The second-order valence-electron chi connectivity index (χ2n) is 6.58. The van der Waals surface area contributed by atoms with E-state index in [4.69, 9.17) is 0 Å². The first kappa shape index (κ1) is 16.1. The lowest BCUT2D eigenvalue weighted by molar-refractivity contribution is -0.183. The van der Waals surface area contributed by atoms with Gasteiger partial charge in [-0.2, -0.15) is 13.2 Å². The Morgan fingerprint density at radius 3 is 2.25 bits per heavy atom. The molecular formula is C15H27F3N2. The van der Waals surface area contributed by atoms with Crippen molar-refractivity contribution < 1.29 is 13.2 Å². The maximum Gasteiger partial charge on any atom is 0.391 e. The molecule has 0 amide bonds. The van der Waals surface area contributed by atoms with Gasteiger partial charge in [0.05, 0.1) is 5.92 Å². The van der Waals surface area contributed by atoms with E-state index in [9.17, 15) is 13.2 Å². The highest BCUT2D eigenvalue weighted by atomic mass is 19.4. The van der Waals surface area contributed by atoms with E-state index in [1.807, 2.05) is 0 Å². The molecule has 1 saturated heterocycles. The Balaban J connectivity index is 1.60. The molecule has 1 atom stereocenters. The van der Waals surface area contributed by atoms with Gasteiger partial charge in [-0.3, -0.25) is 0 Å². The van der Waals surface area contributed by atoms with Crippen LogP contribution in [0.3, 0.4) is 0 Å². The van der Waals surface area contributed by atoms with Crippen LogP contribution < -0.4 is 5.32 Å². The normalized spacial score (nSPS) is 30.6. The van der Waals surface area contributed by atoms with Crippen LogP contribution >= 0.6 is 0 Å². The molecule has 5 heteroatoms. The Labute approximate surface area is 120 Å². The van der Waals surface area contributed by atoms with Gasteiger partial charge in [-0.15, -0.1) is 0 Å². The molecule has 118 valence electrons. The molecule has 0 bridgehead atoms. The van der Waals surface area contributed by atoms with Crippen LogP contribution in [-0.4, -0.2) is 43.3 Å². The van der Waals surface area contributed by atoms with Crippen molar-refractivity contribution in [2.75, 3.05) is 26.2 Å². The molecule has 1 N–H and O–H groups in total. The average Bonchev–Trinajstić information content (AvgIpc) is 2.88. The zero-order valence-electron chi connectivity index (χ0n) is 12.4. The third kappa shape index (κ3) is 4.92. The summed E-state index contributed by atoms with van der Waals surface area (Å²) in [5.41, 5.74) is 0. The molecule has 1 aliphatic heterocycles. The molecule has 2 aliphatic rings. The highest BCUT2D eigenvalue weighted by Gasteiger charge is 2.41. The lowest BCUT2D eigenvalue weighted by atomic mass is 9.81. The van der Waals surface area contributed by atoms with E-state index >= 15 is 0 Å². The van der Waals surface area contributed by atoms with Gasteiger partial charge >= 0.3 is 6.18 Å². The molecule has 1 saturated carbocycles. The number of halogens is 3. The van der Waals surface area contributed by atoms with Crippen LogP contribution in [-0.2, 0) is 0 Å². The fourth-order valence-electron chi connectivity index (χ4n) is 3.48. The molecule has 0 spiro atoms. The van der Waals surface area contributed by atoms with Crippen molar-refractivity contribution in [3.63, 3.8) is 0 Å². The molecule has 0 radical (unpaired) electrons. The quantitative estimate of drug-likeness (QED) is 0.835. The molecule has 1 heterocycles. The first-order valence-electron chi connectivity index (χ1n) is 7.97.